The molecule has 4 nitrogen and oxygen atoms in total. The highest BCUT2D eigenvalue weighted by Crippen LogP contribution is 2.02. The summed E-state index contributed by atoms with van der Waals surface area (Å²) in [4.78, 5) is 0. The van der Waals surface area contributed by atoms with Crippen LogP contribution in [0, 0.1) is 11.3 Å². The van der Waals surface area contributed by atoms with Crippen molar-refractivity contribution < 1.29 is 8.42 Å². The summed E-state index contributed by atoms with van der Waals surface area (Å²) in [5, 5.41) is 8.68. The van der Waals surface area contributed by atoms with Gasteiger partial charge in [0.1, 0.15) is 21.6 Å². The van der Waals surface area contributed by atoms with E-state index in [4.69, 9.17) is 5.26 Å². The molecule has 0 saturated carbocycles. The lowest BCUT2D eigenvalue weighted by atomic mass is 10.4. The lowest BCUT2D eigenvalue weighted by Gasteiger charge is -2.03. The summed E-state index contributed by atoms with van der Waals surface area (Å²) in [5.74, 6) is 0.163. The fourth-order valence-electron chi connectivity index (χ4n) is 1.21. The Balaban J connectivity index is 2.51. The first-order valence-electron chi connectivity index (χ1n) is 4.26. The number of nitrogens with zero attached hydrogens (tertiary/aromatic N) is 2. The van der Waals surface area contributed by atoms with E-state index in [9.17, 15) is 8.42 Å². The fourth-order valence-corrected chi connectivity index (χ4v) is 1.86. The molecule has 0 aromatic carbocycles. The quantitative estimate of drug-likeness (QED) is 0.741. The molecule has 0 fully saturated rings. The number of hydrogen-bond acceptors (Lipinski definition) is 3. The fraction of sp³-hybridized carbons (Fsp3) is 0.444. The Bertz CT molecular complexity index is 440. The van der Waals surface area contributed by atoms with Gasteiger partial charge in [0.05, 0.1) is 5.75 Å². The van der Waals surface area contributed by atoms with E-state index in [1.165, 1.54) is 6.26 Å². The average molecular weight is 212 g/mol. The zero-order valence-electron chi connectivity index (χ0n) is 7.97. The second-order valence-electron chi connectivity index (χ2n) is 3.18. The van der Waals surface area contributed by atoms with Gasteiger partial charge in [-0.05, 0) is 18.6 Å². The molecule has 0 aliphatic rings. The van der Waals surface area contributed by atoms with Crippen LogP contribution in [0.25, 0.3) is 0 Å². The summed E-state index contributed by atoms with van der Waals surface area (Å²) >= 11 is 0. The van der Waals surface area contributed by atoms with E-state index in [1.54, 1.807) is 22.9 Å². The maximum atomic E-state index is 10.8. The molecule has 0 atom stereocenters. The van der Waals surface area contributed by atoms with Gasteiger partial charge in [-0.15, -0.1) is 0 Å². The summed E-state index contributed by atoms with van der Waals surface area (Å²) in [6, 6.07) is 5.52. The van der Waals surface area contributed by atoms with E-state index in [1.807, 2.05) is 6.07 Å². The Kier molecular flexibility index (Phi) is 3.31. The largest absolute Gasteiger partial charge is 0.339 e. The number of sulfone groups is 1. The van der Waals surface area contributed by atoms with Crippen molar-refractivity contribution in [3.63, 3.8) is 0 Å². The predicted octanol–water partition coefficient (Wildman–Crippen LogP) is 0.794. The second kappa shape index (κ2) is 4.29. The molecule has 0 aliphatic heterocycles. The Morgan fingerprint density at radius 3 is 2.86 bits per heavy atom. The van der Waals surface area contributed by atoms with Gasteiger partial charge in [0.2, 0.25) is 0 Å². The topological polar surface area (TPSA) is 62.9 Å². The van der Waals surface area contributed by atoms with Crippen LogP contribution >= 0.6 is 0 Å². The first-order chi connectivity index (χ1) is 6.53. The molecule has 1 heterocycles. The summed E-state index contributed by atoms with van der Waals surface area (Å²) in [6.07, 6.45) is 3.54. The van der Waals surface area contributed by atoms with Gasteiger partial charge < -0.3 is 4.57 Å². The smallest absolute Gasteiger partial charge is 0.147 e. The van der Waals surface area contributed by atoms with Gasteiger partial charge in [0.15, 0.2) is 0 Å². The molecule has 0 unspecified atom stereocenters. The van der Waals surface area contributed by atoms with E-state index in [2.05, 4.69) is 0 Å². The minimum atomic E-state index is -2.89. The average Bonchev–Trinajstić information content (AvgIpc) is 2.49. The maximum Gasteiger partial charge on any atom is 0.147 e. The first-order valence-corrected chi connectivity index (χ1v) is 6.32. The highest BCUT2D eigenvalue weighted by atomic mass is 32.2. The molecule has 1 aromatic rings. The van der Waals surface area contributed by atoms with Crippen molar-refractivity contribution in [1.29, 1.82) is 5.26 Å². The molecule has 0 amide bonds. The highest BCUT2D eigenvalue weighted by Gasteiger charge is 2.03. The van der Waals surface area contributed by atoms with Crippen LogP contribution in [0.2, 0.25) is 0 Å². The standard InChI is InChI=1S/C9H12N2O2S/c1-14(12,13)7-3-6-11-5-2-4-9(11)8-10/h2,4-5H,3,6-7H2,1H3. The summed E-state index contributed by atoms with van der Waals surface area (Å²) in [5.41, 5.74) is 0.568. The van der Waals surface area contributed by atoms with Crippen molar-refractivity contribution in [3.05, 3.63) is 24.0 Å². The Labute approximate surface area is 83.7 Å². The van der Waals surface area contributed by atoms with Crippen LogP contribution in [0.5, 0.6) is 0 Å². The molecule has 14 heavy (non-hydrogen) atoms. The number of aryl methyl sites for hydroxylation is 1. The lowest BCUT2D eigenvalue weighted by Crippen LogP contribution is -2.07. The van der Waals surface area contributed by atoms with E-state index in [0.29, 0.717) is 18.7 Å². The van der Waals surface area contributed by atoms with Crippen LogP contribution in [0.3, 0.4) is 0 Å². The lowest BCUT2D eigenvalue weighted by molar-refractivity contribution is 0.591. The van der Waals surface area contributed by atoms with Gasteiger partial charge in [0, 0.05) is 19.0 Å². The van der Waals surface area contributed by atoms with Crippen molar-refractivity contribution >= 4 is 9.84 Å². The zero-order chi connectivity index (χ0) is 10.6. The molecule has 1 rings (SSSR count). The van der Waals surface area contributed by atoms with Gasteiger partial charge in [-0.1, -0.05) is 0 Å². The van der Waals surface area contributed by atoms with Crippen LogP contribution in [0.1, 0.15) is 12.1 Å². The molecule has 76 valence electrons. The summed E-state index contributed by atoms with van der Waals surface area (Å²) < 4.78 is 23.4. The normalized spacial score (nSPS) is 11.1. The number of rotatable bonds is 4. The van der Waals surface area contributed by atoms with Crippen LogP contribution in [-0.2, 0) is 16.4 Å². The van der Waals surface area contributed by atoms with E-state index in [0.717, 1.165) is 0 Å². The highest BCUT2D eigenvalue weighted by molar-refractivity contribution is 7.90. The Morgan fingerprint density at radius 1 is 1.57 bits per heavy atom. The number of aromatic nitrogens is 1. The first kappa shape index (κ1) is 10.8. The van der Waals surface area contributed by atoms with Crippen LogP contribution in [0.4, 0.5) is 0 Å². The third-order valence-electron chi connectivity index (χ3n) is 1.86. The van der Waals surface area contributed by atoms with Crippen molar-refractivity contribution in [1.82, 2.24) is 4.57 Å². The van der Waals surface area contributed by atoms with E-state index in [-0.39, 0.29) is 5.75 Å². The van der Waals surface area contributed by atoms with Crippen molar-refractivity contribution in [2.45, 2.75) is 13.0 Å². The molecular weight excluding hydrogens is 200 g/mol. The van der Waals surface area contributed by atoms with Gasteiger partial charge in [0.25, 0.3) is 0 Å². The molecule has 0 saturated heterocycles. The van der Waals surface area contributed by atoms with Gasteiger partial charge >= 0.3 is 0 Å². The minimum absolute atomic E-state index is 0.163. The summed E-state index contributed by atoms with van der Waals surface area (Å²) in [6.45, 7) is 0.572. The van der Waals surface area contributed by atoms with Crippen LogP contribution in [-0.4, -0.2) is 25.0 Å². The molecule has 0 N–H and O–H groups in total. The van der Waals surface area contributed by atoms with E-state index >= 15 is 0 Å². The van der Waals surface area contributed by atoms with Crippen LogP contribution in [0.15, 0.2) is 18.3 Å². The minimum Gasteiger partial charge on any atom is -0.339 e. The number of hydrogen-bond donors (Lipinski definition) is 0. The van der Waals surface area contributed by atoms with Gasteiger partial charge in [-0.25, -0.2) is 8.42 Å². The van der Waals surface area contributed by atoms with Crippen LogP contribution < -0.4 is 0 Å². The molecule has 5 heteroatoms. The van der Waals surface area contributed by atoms with Gasteiger partial charge in [-0.2, -0.15) is 5.26 Å². The molecular formula is C9H12N2O2S. The summed E-state index contributed by atoms with van der Waals surface area (Å²) in [7, 11) is -2.89. The van der Waals surface area contributed by atoms with Crippen molar-refractivity contribution in [2.75, 3.05) is 12.0 Å². The molecule has 1 aromatic heterocycles. The Morgan fingerprint density at radius 2 is 2.29 bits per heavy atom. The van der Waals surface area contributed by atoms with Crippen molar-refractivity contribution in [3.8, 4) is 6.07 Å². The van der Waals surface area contributed by atoms with E-state index < -0.39 is 9.84 Å². The monoisotopic (exact) mass is 212 g/mol. The molecule has 0 spiro atoms. The maximum absolute atomic E-state index is 10.8. The molecule has 0 aliphatic carbocycles. The Hall–Kier alpha value is -1.28. The number of nitriles is 1. The third-order valence-corrected chi connectivity index (χ3v) is 2.89. The second-order valence-corrected chi connectivity index (χ2v) is 5.44. The SMILES string of the molecule is CS(=O)(=O)CCCn1cccc1C#N. The zero-order valence-corrected chi connectivity index (χ0v) is 8.79. The predicted molar refractivity (Wildman–Crippen MR) is 53.5 cm³/mol. The molecule has 0 radical (unpaired) electrons. The van der Waals surface area contributed by atoms with Gasteiger partial charge in [-0.3, -0.25) is 0 Å². The van der Waals surface area contributed by atoms with Crippen molar-refractivity contribution in [2.24, 2.45) is 0 Å². The molecule has 0 bridgehead atoms. The third kappa shape index (κ3) is 3.23.